The van der Waals surface area contributed by atoms with Crippen molar-refractivity contribution >= 4 is 23.4 Å². The Bertz CT molecular complexity index is 1030. The molecule has 0 spiro atoms. The molecule has 0 aliphatic carbocycles. The SMILES string of the molecule is COc1cn(CC(=O)OC(C)(C)C)c(=O)cc1-c1cc(Cl)ccc1C(=O)C(O)(O)O. The van der Waals surface area contributed by atoms with Crippen LogP contribution in [0.3, 0.4) is 0 Å². The number of carbonyl (C=O) groups excluding carboxylic acids is 2. The number of ketones is 1. The molecule has 30 heavy (non-hydrogen) atoms. The van der Waals surface area contributed by atoms with Crippen molar-refractivity contribution in [3.63, 3.8) is 0 Å². The van der Waals surface area contributed by atoms with Gasteiger partial charge in [0.2, 0.25) is 0 Å². The van der Waals surface area contributed by atoms with Crippen molar-refractivity contribution in [3.05, 3.63) is 51.4 Å². The number of pyridine rings is 1. The van der Waals surface area contributed by atoms with Crippen molar-refractivity contribution < 1.29 is 34.4 Å². The molecule has 0 saturated heterocycles. The van der Waals surface area contributed by atoms with E-state index in [9.17, 15) is 29.7 Å². The molecule has 0 aliphatic heterocycles. The van der Waals surface area contributed by atoms with Crippen LogP contribution in [0.15, 0.2) is 35.3 Å². The number of methoxy groups -OCH3 is 1. The Morgan fingerprint density at radius 2 is 1.73 bits per heavy atom. The largest absolute Gasteiger partial charge is 0.495 e. The van der Waals surface area contributed by atoms with E-state index in [4.69, 9.17) is 21.1 Å². The van der Waals surface area contributed by atoms with Crippen molar-refractivity contribution in [2.45, 2.75) is 38.9 Å². The summed E-state index contributed by atoms with van der Waals surface area (Å²) in [4.78, 5) is 36.9. The van der Waals surface area contributed by atoms with Crippen LogP contribution in [0.1, 0.15) is 31.1 Å². The number of halogens is 1. The number of rotatable bonds is 6. The van der Waals surface area contributed by atoms with Crippen molar-refractivity contribution in [1.82, 2.24) is 4.57 Å². The lowest BCUT2D eigenvalue weighted by Gasteiger charge is -2.20. The van der Waals surface area contributed by atoms with E-state index >= 15 is 0 Å². The highest BCUT2D eigenvalue weighted by Gasteiger charge is 2.33. The topological polar surface area (TPSA) is 135 Å². The van der Waals surface area contributed by atoms with Crippen LogP contribution in [0.4, 0.5) is 0 Å². The van der Waals surface area contributed by atoms with Crippen LogP contribution in [0.25, 0.3) is 11.1 Å². The maximum atomic E-state index is 12.6. The van der Waals surface area contributed by atoms with E-state index < -0.39 is 28.9 Å². The zero-order chi connectivity index (χ0) is 22.9. The third-order valence-corrected chi connectivity index (χ3v) is 4.08. The molecule has 0 saturated carbocycles. The summed E-state index contributed by atoms with van der Waals surface area (Å²) >= 11 is 6.00. The third-order valence-electron chi connectivity index (χ3n) is 3.85. The van der Waals surface area contributed by atoms with Gasteiger partial charge in [-0.05, 0) is 44.5 Å². The molecule has 2 aromatic rings. The zero-order valence-corrected chi connectivity index (χ0v) is 17.6. The van der Waals surface area contributed by atoms with E-state index in [1.54, 1.807) is 20.8 Å². The van der Waals surface area contributed by atoms with Crippen LogP contribution in [-0.4, -0.2) is 50.3 Å². The van der Waals surface area contributed by atoms with Gasteiger partial charge >= 0.3 is 11.9 Å². The molecule has 2 rings (SSSR count). The standard InChI is InChI=1S/C20H22ClNO8/c1-19(2,3)30-17(24)10-22-9-15(29-4)14(8-16(22)23)13-7-11(21)5-6-12(13)18(25)20(26,27)28/h5-9,26-28H,10H2,1-4H3. The molecule has 0 aliphatic rings. The highest BCUT2D eigenvalue weighted by Crippen LogP contribution is 2.34. The second-order valence-corrected chi connectivity index (χ2v) is 7.90. The Morgan fingerprint density at radius 1 is 1.10 bits per heavy atom. The van der Waals surface area contributed by atoms with Gasteiger partial charge in [0.15, 0.2) is 0 Å². The third kappa shape index (κ3) is 5.67. The van der Waals surface area contributed by atoms with E-state index in [0.29, 0.717) is 0 Å². The van der Waals surface area contributed by atoms with E-state index in [0.717, 1.165) is 10.6 Å². The fourth-order valence-electron chi connectivity index (χ4n) is 2.68. The van der Waals surface area contributed by atoms with Gasteiger partial charge in [0.1, 0.15) is 17.9 Å². The van der Waals surface area contributed by atoms with Gasteiger partial charge in [0.25, 0.3) is 11.3 Å². The minimum Gasteiger partial charge on any atom is -0.495 e. The molecular formula is C20H22ClNO8. The summed E-state index contributed by atoms with van der Waals surface area (Å²) in [5, 5.41) is 28.0. The van der Waals surface area contributed by atoms with Crippen molar-refractivity contribution in [2.75, 3.05) is 7.11 Å². The molecule has 1 aromatic heterocycles. The summed E-state index contributed by atoms with van der Waals surface area (Å²) in [6.45, 7) is 4.71. The molecule has 0 fully saturated rings. The number of aliphatic hydroxyl groups is 3. The van der Waals surface area contributed by atoms with Gasteiger partial charge in [-0.25, -0.2) is 0 Å². The fourth-order valence-corrected chi connectivity index (χ4v) is 2.85. The number of Topliss-reactive ketones (excluding diaryl/α,β-unsaturated/α-hetero) is 1. The summed E-state index contributed by atoms with van der Waals surface area (Å²) in [7, 11) is 1.31. The van der Waals surface area contributed by atoms with E-state index in [-0.39, 0.29) is 34.0 Å². The quantitative estimate of drug-likeness (QED) is 0.348. The van der Waals surface area contributed by atoms with Gasteiger partial charge in [-0.2, -0.15) is 0 Å². The average molecular weight is 440 g/mol. The summed E-state index contributed by atoms with van der Waals surface area (Å²) in [5.41, 5.74) is -1.54. The van der Waals surface area contributed by atoms with Crippen LogP contribution in [-0.2, 0) is 16.1 Å². The lowest BCUT2D eigenvalue weighted by Crippen LogP contribution is -2.38. The number of nitrogens with zero attached hydrogens (tertiary/aromatic N) is 1. The zero-order valence-electron chi connectivity index (χ0n) is 16.8. The maximum Gasteiger partial charge on any atom is 0.344 e. The molecule has 10 heteroatoms. The first-order valence-electron chi connectivity index (χ1n) is 8.75. The average Bonchev–Trinajstić information content (AvgIpc) is 2.60. The Morgan fingerprint density at radius 3 is 2.27 bits per heavy atom. The number of ether oxygens (including phenoxy) is 2. The summed E-state index contributed by atoms with van der Waals surface area (Å²) in [6, 6.07) is 4.87. The number of carbonyl (C=O) groups is 2. The molecule has 0 bridgehead atoms. The van der Waals surface area contributed by atoms with Crippen molar-refractivity contribution in [1.29, 1.82) is 0 Å². The second kappa shape index (κ2) is 8.57. The molecule has 1 heterocycles. The molecule has 0 amide bonds. The lowest BCUT2D eigenvalue weighted by atomic mass is 9.96. The van der Waals surface area contributed by atoms with Gasteiger partial charge in [-0.1, -0.05) is 11.6 Å². The Hall–Kier alpha value is -2.72. The first kappa shape index (κ1) is 23.6. The van der Waals surface area contributed by atoms with Crippen LogP contribution >= 0.6 is 11.6 Å². The number of aromatic nitrogens is 1. The van der Waals surface area contributed by atoms with Crippen molar-refractivity contribution in [2.24, 2.45) is 0 Å². The number of benzene rings is 1. The Balaban J connectivity index is 2.58. The molecule has 0 unspecified atom stereocenters. The van der Waals surface area contributed by atoms with Gasteiger partial charge in [0, 0.05) is 22.2 Å². The summed E-state index contributed by atoms with van der Waals surface area (Å²) in [5.74, 6) is -5.59. The minimum absolute atomic E-state index is 0.0207. The van der Waals surface area contributed by atoms with Gasteiger partial charge in [-0.3, -0.25) is 14.4 Å². The highest BCUT2D eigenvalue weighted by molar-refractivity contribution is 6.31. The van der Waals surface area contributed by atoms with E-state index in [1.807, 2.05) is 0 Å². The smallest absolute Gasteiger partial charge is 0.344 e. The molecule has 3 N–H and O–H groups in total. The minimum atomic E-state index is -3.62. The van der Waals surface area contributed by atoms with Crippen LogP contribution in [0.2, 0.25) is 5.02 Å². The molecule has 1 aromatic carbocycles. The number of hydrogen-bond donors (Lipinski definition) is 3. The molecule has 0 radical (unpaired) electrons. The molecule has 9 nitrogen and oxygen atoms in total. The predicted molar refractivity (Wildman–Crippen MR) is 107 cm³/mol. The number of esters is 1. The van der Waals surface area contributed by atoms with E-state index in [1.165, 1.54) is 31.5 Å². The molecule has 162 valence electrons. The Kier molecular flexibility index (Phi) is 6.73. The second-order valence-electron chi connectivity index (χ2n) is 7.46. The maximum absolute atomic E-state index is 12.6. The van der Waals surface area contributed by atoms with Gasteiger partial charge in [0.05, 0.1) is 13.3 Å². The fraction of sp³-hybridized carbons (Fsp3) is 0.350. The van der Waals surface area contributed by atoms with Crippen LogP contribution < -0.4 is 10.3 Å². The first-order chi connectivity index (χ1) is 13.7. The van der Waals surface area contributed by atoms with Crippen LogP contribution in [0.5, 0.6) is 5.75 Å². The summed E-state index contributed by atoms with van der Waals surface area (Å²) < 4.78 is 11.6. The van der Waals surface area contributed by atoms with Gasteiger partial charge < -0.3 is 29.4 Å². The van der Waals surface area contributed by atoms with Crippen molar-refractivity contribution in [3.8, 4) is 16.9 Å². The predicted octanol–water partition coefficient (Wildman–Crippen LogP) is 1.33. The van der Waals surface area contributed by atoms with Crippen LogP contribution in [0, 0.1) is 0 Å². The van der Waals surface area contributed by atoms with E-state index in [2.05, 4.69) is 0 Å². The lowest BCUT2D eigenvalue weighted by molar-refractivity contribution is -0.267. The number of hydrogen-bond acceptors (Lipinski definition) is 8. The monoisotopic (exact) mass is 439 g/mol. The first-order valence-corrected chi connectivity index (χ1v) is 9.13. The molecular weight excluding hydrogens is 418 g/mol. The van der Waals surface area contributed by atoms with Gasteiger partial charge in [-0.15, -0.1) is 0 Å². The molecule has 0 atom stereocenters. The highest BCUT2D eigenvalue weighted by atomic mass is 35.5. The Labute approximate surface area is 177 Å². The summed E-state index contributed by atoms with van der Waals surface area (Å²) in [6.07, 6.45) is 1.25. The normalized spacial score (nSPS) is 11.9.